The van der Waals surface area contributed by atoms with Crippen LogP contribution in [0.15, 0.2) is 34.9 Å². The lowest BCUT2D eigenvalue weighted by atomic mass is 10.2. The van der Waals surface area contributed by atoms with Crippen molar-refractivity contribution in [2.45, 2.75) is 45.8 Å². The molecular weight excluding hydrogens is 314 g/mol. The van der Waals surface area contributed by atoms with Crippen molar-refractivity contribution in [2.24, 2.45) is 0 Å². The van der Waals surface area contributed by atoms with Crippen molar-refractivity contribution in [2.75, 3.05) is 0 Å². The van der Waals surface area contributed by atoms with E-state index in [2.05, 4.69) is 29.6 Å². The quantitative estimate of drug-likeness (QED) is 0.774. The van der Waals surface area contributed by atoms with Gasteiger partial charge in [0.1, 0.15) is 0 Å². The van der Waals surface area contributed by atoms with Gasteiger partial charge in [-0.25, -0.2) is 0 Å². The maximum Gasteiger partial charge on any atom is 0.273 e. The summed E-state index contributed by atoms with van der Waals surface area (Å²) in [4.78, 5) is 12.1. The van der Waals surface area contributed by atoms with E-state index in [0.717, 1.165) is 18.4 Å². The molecule has 2 rings (SSSR count). The van der Waals surface area contributed by atoms with Crippen LogP contribution in [0.2, 0.25) is 5.02 Å². The number of aromatic nitrogens is 1. The van der Waals surface area contributed by atoms with Crippen LogP contribution >= 0.6 is 11.6 Å². The van der Waals surface area contributed by atoms with Crippen LogP contribution in [0.5, 0.6) is 0 Å². The third kappa shape index (κ3) is 5.37. The van der Waals surface area contributed by atoms with Crippen LogP contribution in [0.25, 0.3) is 0 Å². The Morgan fingerprint density at radius 1 is 1.26 bits per heavy atom. The van der Waals surface area contributed by atoms with E-state index in [1.807, 2.05) is 18.2 Å². The van der Waals surface area contributed by atoms with Gasteiger partial charge in [0.15, 0.2) is 11.5 Å². The van der Waals surface area contributed by atoms with Gasteiger partial charge >= 0.3 is 0 Å². The monoisotopic (exact) mass is 335 g/mol. The van der Waals surface area contributed by atoms with E-state index in [1.165, 1.54) is 0 Å². The van der Waals surface area contributed by atoms with Crippen molar-refractivity contribution < 1.29 is 9.32 Å². The number of carbonyl (C=O) groups excluding carboxylic acids is 1. The Balaban J connectivity index is 1.85. The average Bonchev–Trinajstić information content (AvgIpc) is 3.03. The number of nitrogens with one attached hydrogen (secondary N) is 2. The molecule has 0 spiro atoms. The molecule has 0 fully saturated rings. The fourth-order valence-electron chi connectivity index (χ4n) is 2.25. The highest BCUT2D eigenvalue weighted by molar-refractivity contribution is 6.30. The number of halogens is 1. The summed E-state index contributed by atoms with van der Waals surface area (Å²) in [5.41, 5.74) is 1.22. The number of rotatable bonds is 8. The van der Waals surface area contributed by atoms with Gasteiger partial charge in [-0.3, -0.25) is 4.79 Å². The summed E-state index contributed by atoms with van der Waals surface area (Å²) in [7, 11) is 0. The van der Waals surface area contributed by atoms with Gasteiger partial charge < -0.3 is 15.2 Å². The SMILES string of the molecule is CCC(CC)NCc1cc(C(=O)NCc2cccc(Cl)c2)no1. The molecule has 1 aromatic carbocycles. The largest absolute Gasteiger partial charge is 0.359 e. The lowest BCUT2D eigenvalue weighted by Crippen LogP contribution is -2.26. The van der Waals surface area contributed by atoms with Gasteiger partial charge in [-0.15, -0.1) is 0 Å². The molecule has 0 aliphatic carbocycles. The minimum absolute atomic E-state index is 0.262. The summed E-state index contributed by atoms with van der Waals surface area (Å²) < 4.78 is 5.20. The minimum atomic E-state index is -0.262. The van der Waals surface area contributed by atoms with E-state index in [9.17, 15) is 4.79 Å². The van der Waals surface area contributed by atoms with Gasteiger partial charge in [-0.1, -0.05) is 42.7 Å². The summed E-state index contributed by atoms with van der Waals surface area (Å²) in [6.07, 6.45) is 2.11. The molecule has 5 nitrogen and oxygen atoms in total. The maximum atomic E-state index is 12.1. The van der Waals surface area contributed by atoms with Gasteiger partial charge in [0.25, 0.3) is 5.91 Å². The molecule has 2 N–H and O–H groups in total. The second-order valence-electron chi connectivity index (χ2n) is 5.39. The number of benzene rings is 1. The molecule has 1 aromatic heterocycles. The predicted octanol–water partition coefficient (Wildman–Crippen LogP) is 3.54. The first-order chi connectivity index (χ1) is 11.1. The average molecular weight is 336 g/mol. The smallest absolute Gasteiger partial charge is 0.273 e. The Hall–Kier alpha value is -1.85. The van der Waals surface area contributed by atoms with Crippen molar-refractivity contribution in [1.29, 1.82) is 0 Å². The highest BCUT2D eigenvalue weighted by Gasteiger charge is 2.13. The minimum Gasteiger partial charge on any atom is -0.359 e. The maximum absolute atomic E-state index is 12.1. The molecule has 0 saturated carbocycles. The molecule has 2 aromatic rings. The molecule has 0 radical (unpaired) electrons. The normalized spacial score (nSPS) is 11.0. The Labute approximate surface area is 141 Å². The number of nitrogens with zero attached hydrogens (tertiary/aromatic N) is 1. The van der Waals surface area contributed by atoms with Gasteiger partial charge in [0.05, 0.1) is 6.54 Å². The second kappa shape index (κ2) is 8.70. The van der Waals surface area contributed by atoms with Crippen LogP contribution in [-0.4, -0.2) is 17.1 Å². The van der Waals surface area contributed by atoms with E-state index in [-0.39, 0.29) is 11.6 Å². The summed E-state index contributed by atoms with van der Waals surface area (Å²) in [5, 5.41) is 10.6. The zero-order valence-corrected chi connectivity index (χ0v) is 14.2. The topological polar surface area (TPSA) is 67.2 Å². The fourth-order valence-corrected chi connectivity index (χ4v) is 2.46. The van der Waals surface area contributed by atoms with E-state index in [4.69, 9.17) is 16.1 Å². The Morgan fingerprint density at radius 3 is 2.74 bits per heavy atom. The molecule has 1 heterocycles. The third-order valence-corrected chi connectivity index (χ3v) is 3.92. The number of hydrogen-bond acceptors (Lipinski definition) is 4. The summed E-state index contributed by atoms with van der Waals surface area (Å²) in [6, 6.07) is 9.48. The van der Waals surface area contributed by atoms with Crippen LogP contribution in [0.4, 0.5) is 0 Å². The van der Waals surface area contributed by atoms with Crippen LogP contribution in [-0.2, 0) is 13.1 Å². The van der Waals surface area contributed by atoms with E-state index in [0.29, 0.717) is 29.9 Å². The van der Waals surface area contributed by atoms with Crippen LogP contribution < -0.4 is 10.6 Å². The van der Waals surface area contributed by atoms with Crippen molar-refractivity contribution >= 4 is 17.5 Å². The van der Waals surface area contributed by atoms with Gasteiger partial charge in [-0.2, -0.15) is 0 Å². The number of carbonyl (C=O) groups is 1. The Bertz CT molecular complexity index is 638. The lowest BCUT2D eigenvalue weighted by molar-refractivity contribution is 0.0941. The zero-order valence-electron chi connectivity index (χ0n) is 13.4. The van der Waals surface area contributed by atoms with Crippen molar-refractivity contribution in [3.63, 3.8) is 0 Å². The molecule has 23 heavy (non-hydrogen) atoms. The molecule has 0 bridgehead atoms. The van der Waals surface area contributed by atoms with Crippen molar-refractivity contribution in [3.8, 4) is 0 Å². The molecule has 124 valence electrons. The Morgan fingerprint density at radius 2 is 2.04 bits per heavy atom. The lowest BCUT2D eigenvalue weighted by Gasteiger charge is -2.12. The molecule has 6 heteroatoms. The third-order valence-electron chi connectivity index (χ3n) is 3.68. The predicted molar refractivity (Wildman–Crippen MR) is 90.3 cm³/mol. The van der Waals surface area contributed by atoms with E-state index in [1.54, 1.807) is 12.1 Å². The zero-order chi connectivity index (χ0) is 16.7. The number of hydrogen-bond donors (Lipinski definition) is 2. The van der Waals surface area contributed by atoms with Crippen LogP contribution in [0, 0.1) is 0 Å². The fraction of sp³-hybridized carbons (Fsp3) is 0.412. The highest BCUT2D eigenvalue weighted by Crippen LogP contribution is 2.11. The van der Waals surface area contributed by atoms with Crippen LogP contribution in [0.3, 0.4) is 0 Å². The van der Waals surface area contributed by atoms with Crippen molar-refractivity contribution in [3.05, 3.63) is 52.4 Å². The standard InChI is InChI=1S/C17H22ClN3O2/c1-3-14(4-2)19-11-15-9-16(21-23-15)17(22)20-10-12-6-5-7-13(18)8-12/h5-9,14,19H,3-4,10-11H2,1-2H3,(H,20,22). The molecule has 0 saturated heterocycles. The van der Waals surface area contributed by atoms with E-state index >= 15 is 0 Å². The summed E-state index contributed by atoms with van der Waals surface area (Å²) in [5.74, 6) is 0.396. The molecule has 0 aliphatic heterocycles. The first-order valence-corrected chi connectivity index (χ1v) is 8.21. The van der Waals surface area contributed by atoms with Gasteiger partial charge in [-0.05, 0) is 30.5 Å². The molecule has 0 unspecified atom stereocenters. The molecule has 1 amide bonds. The Kier molecular flexibility index (Phi) is 6.62. The molecular formula is C17H22ClN3O2. The number of amides is 1. The van der Waals surface area contributed by atoms with Crippen molar-refractivity contribution in [1.82, 2.24) is 15.8 Å². The second-order valence-corrected chi connectivity index (χ2v) is 5.82. The van der Waals surface area contributed by atoms with E-state index < -0.39 is 0 Å². The summed E-state index contributed by atoms with van der Waals surface area (Å²) >= 11 is 5.92. The molecule has 0 aliphatic rings. The molecule has 0 atom stereocenters. The van der Waals surface area contributed by atoms with Gasteiger partial charge in [0, 0.05) is 23.7 Å². The van der Waals surface area contributed by atoms with Gasteiger partial charge in [0.2, 0.25) is 0 Å². The first kappa shape index (κ1) is 17.5. The summed E-state index contributed by atoms with van der Waals surface area (Å²) in [6.45, 7) is 5.24. The first-order valence-electron chi connectivity index (χ1n) is 7.84. The highest BCUT2D eigenvalue weighted by atomic mass is 35.5. The van der Waals surface area contributed by atoms with Crippen LogP contribution in [0.1, 0.15) is 48.5 Å².